The lowest BCUT2D eigenvalue weighted by molar-refractivity contribution is 0.0113. The summed E-state index contributed by atoms with van der Waals surface area (Å²) in [5.41, 5.74) is 0. The van der Waals surface area contributed by atoms with Crippen molar-refractivity contribution >= 4 is 22.9 Å². The molecule has 2 heterocycles. The SMILES string of the molecule is CC(NCCC1CCCCO1)c1ccc(Cl)s1. The molecule has 2 atom stereocenters. The number of thiophene rings is 1. The third-order valence-electron chi connectivity index (χ3n) is 3.21. The molecule has 2 unspecified atom stereocenters. The summed E-state index contributed by atoms with van der Waals surface area (Å²) in [5, 5.41) is 3.53. The molecule has 4 heteroatoms. The van der Waals surface area contributed by atoms with Crippen molar-refractivity contribution in [3.8, 4) is 0 Å². The van der Waals surface area contributed by atoms with E-state index in [9.17, 15) is 0 Å². The van der Waals surface area contributed by atoms with Gasteiger partial charge in [-0.3, -0.25) is 0 Å². The molecule has 0 aliphatic carbocycles. The van der Waals surface area contributed by atoms with Gasteiger partial charge in [-0.1, -0.05) is 11.6 Å². The van der Waals surface area contributed by atoms with Crippen LogP contribution in [0.2, 0.25) is 4.34 Å². The molecule has 0 radical (unpaired) electrons. The van der Waals surface area contributed by atoms with E-state index in [4.69, 9.17) is 16.3 Å². The highest BCUT2D eigenvalue weighted by Crippen LogP contribution is 2.26. The quantitative estimate of drug-likeness (QED) is 0.875. The van der Waals surface area contributed by atoms with Crippen LogP contribution in [0.1, 0.15) is 43.5 Å². The van der Waals surface area contributed by atoms with E-state index in [2.05, 4.69) is 18.3 Å². The summed E-state index contributed by atoms with van der Waals surface area (Å²) in [5.74, 6) is 0. The zero-order chi connectivity index (χ0) is 12.1. The van der Waals surface area contributed by atoms with Crippen LogP contribution in [0.25, 0.3) is 0 Å². The number of rotatable bonds is 5. The van der Waals surface area contributed by atoms with Gasteiger partial charge in [-0.25, -0.2) is 0 Å². The maximum Gasteiger partial charge on any atom is 0.0931 e. The van der Waals surface area contributed by atoms with E-state index in [-0.39, 0.29) is 0 Å². The highest BCUT2D eigenvalue weighted by molar-refractivity contribution is 7.16. The highest BCUT2D eigenvalue weighted by Gasteiger charge is 2.14. The minimum atomic E-state index is 0.385. The maximum atomic E-state index is 5.93. The van der Waals surface area contributed by atoms with E-state index in [1.807, 2.05) is 6.07 Å². The Hall–Kier alpha value is -0.0900. The van der Waals surface area contributed by atoms with Crippen molar-refractivity contribution in [3.05, 3.63) is 21.3 Å². The van der Waals surface area contributed by atoms with E-state index in [1.165, 1.54) is 24.1 Å². The van der Waals surface area contributed by atoms with Gasteiger partial charge in [-0.15, -0.1) is 11.3 Å². The predicted octanol–water partition coefficient (Wildman–Crippen LogP) is 4.01. The largest absolute Gasteiger partial charge is 0.378 e. The van der Waals surface area contributed by atoms with Crippen LogP contribution in [-0.4, -0.2) is 19.3 Å². The van der Waals surface area contributed by atoms with Crippen LogP contribution in [0.3, 0.4) is 0 Å². The fourth-order valence-corrected chi connectivity index (χ4v) is 3.25. The molecule has 1 aromatic heterocycles. The smallest absolute Gasteiger partial charge is 0.0931 e. The van der Waals surface area contributed by atoms with Gasteiger partial charge in [0, 0.05) is 17.5 Å². The Kier molecular flexibility index (Phi) is 5.29. The zero-order valence-corrected chi connectivity index (χ0v) is 11.8. The van der Waals surface area contributed by atoms with E-state index >= 15 is 0 Å². The molecule has 1 saturated heterocycles. The number of hydrogen-bond donors (Lipinski definition) is 1. The molecule has 0 amide bonds. The second kappa shape index (κ2) is 6.74. The van der Waals surface area contributed by atoms with Crippen LogP contribution in [0, 0.1) is 0 Å². The van der Waals surface area contributed by atoms with E-state index in [0.29, 0.717) is 12.1 Å². The zero-order valence-electron chi connectivity index (χ0n) is 10.2. The van der Waals surface area contributed by atoms with Gasteiger partial charge in [0.15, 0.2) is 0 Å². The molecule has 1 aliphatic heterocycles. The predicted molar refractivity (Wildman–Crippen MR) is 74.0 cm³/mol. The van der Waals surface area contributed by atoms with Crippen molar-refractivity contribution in [3.63, 3.8) is 0 Å². The minimum Gasteiger partial charge on any atom is -0.378 e. The normalized spacial score (nSPS) is 22.6. The highest BCUT2D eigenvalue weighted by atomic mass is 35.5. The van der Waals surface area contributed by atoms with E-state index < -0.39 is 0 Å². The molecule has 0 saturated carbocycles. The monoisotopic (exact) mass is 273 g/mol. The van der Waals surface area contributed by atoms with E-state index in [0.717, 1.165) is 23.9 Å². The third kappa shape index (κ3) is 4.25. The van der Waals surface area contributed by atoms with Gasteiger partial charge in [0.2, 0.25) is 0 Å². The van der Waals surface area contributed by atoms with Gasteiger partial charge < -0.3 is 10.1 Å². The van der Waals surface area contributed by atoms with Crippen LogP contribution in [0.5, 0.6) is 0 Å². The Balaban J connectivity index is 1.67. The summed E-state index contributed by atoms with van der Waals surface area (Å²) in [6.45, 7) is 4.14. The first kappa shape index (κ1) is 13.3. The summed E-state index contributed by atoms with van der Waals surface area (Å²) in [7, 11) is 0. The Morgan fingerprint density at radius 2 is 2.41 bits per heavy atom. The molecule has 1 aromatic rings. The van der Waals surface area contributed by atoms with Crippen molar-refractivity contribution in [1.29, 1.82) is 0 Å². The number of nitrogens with one attached hydrogen (secondary N) is 1. The van der Waals surface area contributed by atoms with Crippen LogP contribution < -0.4 is 5.32 Å². The first-order valence-electron chi connectivity index (χ1n) is 6.36. The summed E-state index contributed by atoms with van der Waals surface area (Å²) in [6, 6.07) is 4.45. The topological polar surface area (TPSA) is 21.3 Å². The Morgan fingerprint density at radius 3 is 3.06 bits per heavy atom. The molecule has 1 N–H and O–H groups in total. The summed E-state index contributed by atoms with van der Waals surface area (Å²) in [6.07, 6.45) is 5.36. The second-order valence-corrected chi connectivity index (χ2v) is 6.34. The maximum absolute atomic E-state index is 5.93. The van der Waals surface area contributed by atoms with Crippen molar-refractivity contribution in [2.75, 3.05) is 13.2 Å². The standard InChI is InChI=1S/C13H20ClNOS/c1-10(12-5-6-13(14)17-12)15-8-7-11-4-2-3-9-16-11/h5-6,10-11,15H,2-4,7-9H2,1H3. The van der Waals surface area contributed by atoms with Gasteiger partial charge in [0.25, 0.3) is 0 Å². The second-order valence-electron chi connectivity index (χ2n) is 4.59. The Bertz CT molecular complexity index is 336. The van der Waals surface area contributed by atoms with Gasteiger partial charge in [-0.05, 0) is 51.3 Å². The fraction of sp³-hybridized carbons (Fsp3) is 0.692. The van der Waals surface area contributed by atoms with Crippen LogP contribution in [0.15, 0.2) is 12.1 Å². The van der Waals surface area contributed by atoms with Gasteiger partial charge >= 0.3 is 0 Å². The lowest BCUT2D eigenvalue weighted by atomic mass is 10.1. The first-order chi connectivity index (χ1) is 8.25. The van der Waals surface area contributed by atoms with Gasteiger partial charge in [-0.2, -0.15) is 0 Å². The average molecular weight is 274 g/mol. The summed E-state index contributed by atoms with van der Waals surface area (Å²) >= 11 is 7.58. The molecular weight excluding hydrogens is 254 g/mol. The Morgan fingerprint density at radius 1 is 1.53 bits per heavy atom. The number of halogens is 1. The van der Waals surface area contributed by atoms with Gasteiger partial charge in [0.05, 0.1) is 10.4 Å². The molecule has 96 valence electrons. The summed E-state index contributed by atoms with van der Waals surface area (Å²) < 4.78 is 6.58. The molecular formula is C13H20ClNOS. The van der Waals surface area contributed by atoms with Crippen LogP contribution in [0.4, 0.5) is 0 Å². The third-order valence-corrected chi connectivity index (χ3v) is 4.63. The van der Waals surface area contributed by atoms with Crippen LogP contribution >= 0.6 is 22.9 Å². The molecule has 0 bridgehead atoms. The lowest BCUT2D eigenvalue weighted by Gasteiger charge is -2.23. The Labute approximate surface area is 112 Å². The number of ether oxygens (including phenoxy) is 1. The molecule has 0 spiro atoms. The van der Waals surface area contributed by atoms with Crippen molar-refractivity contribution in [2.24, 2.45) is 0 Å². The summed E-state index contributed by atoms with van der Waals surface area (Å²) in [4.78, 5) is 1.31. The molecule has 1 aliphatic rings. The van der Waals surface area contributed by atoms with Crippen molar-refractivity contribution < 1.29 is 4.74 Å². The van der Waals surface area contributed by atoms with Crippen molar-refractivity contribution in [2.45, 2.75) is 44.8 Å². The molecule has 2 nitrogen and oxygen atoms in total. The molecule has 2 rings (SSSR count). The first-order valence-corrected chi connectivity index (χ1v) is 7.55. The molecule has 0 aromatic carbocycles. The van der Waals surface area contributed by atoms with Crippen LogP contribution in [-0.2, 0) is 4.74 Å². The number of hydrogen-bond acceptors (Lipinski definition) is 3. The van der Waals surface area contributed by atoms with E-state index in [1.54, 1.807) is 11.3 Å². The molecule has 1 fully saturated rings. The van der Waals surface area contributed by atoms with Gasteiger partial charge in [0.1, 0.15) is 0 Å². The fourth-order valence-electron chi connectivity index (χ4n) is 2.16. The van der Waals surface area contributed by atoms with Crippen molar-refractivity contribution in [1.82, 2.24) is 5.32 Å². The lowest BCUT2D eigenvalue weighted by Crippen LogP contribution is -2.26. The average Bonchev–Trinajstić information content (AvgIpc) is 2.77. The molecule has 17 heavy (non-hydrogen) atoms. The minimum absolute atomic E-state index is 0.385.